The zero-order chi connectivity index (χ0) is 24.3. The molecule has 1 aliphatic rings. The Hall–Kier alpha value is -3.72. The Morgan fingerprint density at radius 3 is 2.91 bits per heavy atom. The molecule has 0 amide bonds. The summed E-state index contributed by atoms with van der Waals surface area (Å²) in [7, 11) is 0. The van der Waals surface area contributed by atoms with Crippen LogP contribution in [-0.4, -0.2) is 35.2 Å². The Balaban J connectivity index is 1.76. The lowest BCUT2D eigenvalue weighted by Crippen LogP contribution is -2.11. The van der Waals surface area contributed by atoms with Crippen LogP contribution in [0, 0.1) is 0 Å². The van der Waals surface area contributed by atoms with Gasteiger partial charge in [0.25, 0.3) is 6.02 Å². The molecule has 4 N–H and O–H groups in total. The second kappa shape index (κ2) is 12.5. The minimum absolute atomic E-state index is 0.147. The molecular formula is C25H30N6O2S. The Labute approximate surface area is 204 Å². The Kier molecular flexibility index (Phi) is 9.16. The molecule has 0 fully saturated rings. The van der Waals surface area contributed by atoms with E-state index in [4.69, 9.17) is 15.2 Å². The molecule has 9 heteroatoms. The molecule has 8 nitrogen and oxygen atoms in total. The molecule has 1 unspecified atom stereocenters. The molecule has 1 aromatic carbocycles. The van der Waals surface area contributed by atoms with Crippen molar-refractivity contribution in [2.24, 2.45) is 10.7 Å². The standard InChI is InChI=1S/C25H30N6O2S/c1-5-19(7-9-21(6-2)32-15-18(4)34-12-11-26)30-24-22-13-20(8-10-23(22)27-16-28-24)31-25-29-17(3)14-33-25/h5,7-13,16-17H,1,4,6,14-15,26H2,2-3H3,(H,29,31)(H,27,28,30)/b12-11-,19-7+,21-9+. The molecule has 2 heterocycles. The molecule has 2 aromatic rings. The van der Waals surface area contributed by atoms with Gasteiger partial charge in [-0.2, -0.15) is 0 Å². The van der Waals surface area contributed by atoms with Gasteiger partial charge in [0.05, 0.1) is 17.3 Å². The summed E-state index contributed by atoms with van der Waals surface area (Å²) in [6, 6.07) is 6.48. The number of aliphatic imine (C=N–C) groups is 1. The molecule has 1 atom stereocenters. The number of hydrogen-bond acceptors (Lipinski definition) is 9. The lowest BCUT2D eigenvalue weighted by Gasteiger charge is -2.12. The van der Waals surface area contributed by atoms with Crippen molar-refractivity contribution in [3.8, 4) is 0 Å². The third-order valence-electron chi connectivity index (χ3n) is 4.70. The number of anilines is 2. The predicted molar refractivity (Wildman–Crippen MR) is 142 cm³/mol. The highest BCUT2D eigenvalue weighted by atomic mass is 32.2. The van der Waals surface area contributed by atoms with Crippen molar-refractivity contribution >= 4 is 40.2 Å². The molecule has 0 radical (unpaired) electrons. The van der Waals surface area contributed by atoms with Gasteiger partial charge in [0.15, 0.2) is 0 Å². The molecule has 0 saturated heterocycles. The van der Waals surface area contributed by atoms with Gasteiger partial charge in [0.1, 0.15) is 25.4 Å². The van der Waals surface area contributed by atoms with Gasteiger partial charge < -0.3 is 25.8 Å². The summed E-state index contributed by atoms with van der Waals surface area (Å²) in [4.78, 5) is 14.1. The lowest BCUT2D eigenvalue weighted by molar-refractivity contribution is 0.237. The van der Waals surface area contributed by atoms with E-state index in [1.807, 2.05) is 44.2 Å². The van der Waals surface area contributed by atoms with Crippen LogP contribution >= 0.6 is 11.8 Å². The van der Waals surface area contributed by atoms with E-state index in [2.05, 4.69) is 38.8 Å². The Bertz CT molecular complexity index is 1160. The zero-order valence-electron chi connectivity index (χ0n) is 19.5. The fraction of sp³-hybridized carbons (Fsp3) is 0.240. The molecule has 1 aliphatic heterocycles. The summed E-state index contributed by atoms with van der Waals surface area (Å²) in [5, 5.41) is 9.15. The van der Waals surface area contributed by atoms with Gasteiger partial charge in [0.2, 0.25) is 0 Å². The molecule has 178 valence electrons. The Morgan fingerprint density at radius 1 is 1.35 bits per heavy atom. The maximum absolute atomic E-state index is 5.85. The van der Waals surface area contributed by atoms with Gasteiger partial charge in [-0.25, -0.2) is 15.0 Å². The number of rotatable bonds is 11. The van der Waals surface area contributed by atoms with Crippen LogP contribution in [0.5, 0.6) is 0 Å². The SMILES string of the molecule is C=C/C(=C\C=C(/CC)OCC(=C)S/C=C\N)Nc1ncnc2ccc(NC3=NC(C)CO3)cc12. The zero-order valence-corrected chi connectivity index (χ0v) is 20.3. The summed E-state index contributed by atoms with van der Waals surface area (Å²) >= 11 is 1.44. The number of nitrogens with zero attached hydrogens (tertiary/aromatic N) is 3. The van der Waals surface area contributed by atoms with E-state index in [1.165, 1.54) is 24.3 Å². The van der Waals surface area contributed by atoms with Crippen molar-refractivity contribution in [1.29, 1.82) is 0 Å². The van der Waals surface area contributed by atoms with Crippen molar-refractivity contribution in [2.75, 3.05) is 23.8 Å². The summed E-state index contributed by atoms with van der Waals surface area (Å²) in [5.41, 5.74) is 7.78. The van der Waals surface area contributed by atoms with Crippen molar-refractivity contribution < 1.29 is 9.47 Å². The first-order chi connectivity index (χ1) is 16.5. The summed E-state index contributed by atoms with van der Waals surface area (Å²) in [6.07, 6.45) is 9.28. The second-order valence-corrected chi connectivity index (χ2v) is 8.47. The average molecular weight is 479 g/mol. The fourth-order valence-electron chi connectivity index (χ4n) is 2.99. The molecule has 0 spiro atoms. The van der Waals surface area contributed by atoms with E-state index in [0.717, 1.165) is 39.4 Å². The highest BCUT2D eigenvalue weighted by molar-refractivity contribution is 8.05. The van der Waals surface area contributed by atoms with E-state index in [-0.39, 0.29) is 6.04 Å². The van der Waals surface area contributed by atoms with E-state index in [1.54, 1.807) is 11.5 Å². The van der Waals surface area contributed by atoms with Crippen LogP contribution in [0.2, 0.25) is 0 Å². The van der Waals surface area contributed by atoms with Crippen LogP contribution in [0.1, 0.15) is 20.3 Å². The monoisotopic (exact) mass is 478 g/mol. The van der Waals surface area contributed by atoms with Crippen LogP contribution in [0.4, 0.5) is 11.5 Å². The molecule has 1 aromatic heterocycles. The first-order valence-corrected chi connectivity index (χ1v) is 11.8. The molecule has 0 aliphatic carbocycles. The van der Waals surface area contributed by atoms with E-state index < -0.39 is 0 Å². The average Bonchev–Trinajstić information content (AvgIpc) is 3.26. The van der Waals surface area contributed by atoms with Crippen molar-refractivity contribution in [1.82, 2.24) is 9.97 Å². The highest BCUT2D eigenvalue weighted by Gasteiger charge is 2.15. The van der Waals surface area contributed by atoms with E-state index in [9.17, 15) is 0 Å². The van der Waals surface area contributed by atoms with Crippen LogP contribution in [0.3, 0.4) is 0 Å². The number of nitrogens with two attached hydrogens (primary N) is 1. The number of benzene rings is 1. The Morgan fingerprint density at radius 2 is 2.21 bits per heavy atom. The quantitative estimate of drug-likeness (QED) is 0.296. The number of aromatic nitrogens is 2. The number of amidine groups is 1. The third kappa shape index (κ3) is 7.14. The van der Waals surface area contributed by atoms with Crippen molar-refractivity contribution in [3.63, 3.8) is 0 Å². The minimum Gasteiger partial charge on any atom is -0.493 e. The summed E-state index contributed by atoms with van der Waals surface area (Å²) in [6.45, 7) is 12.9. The largest absolute Gasteiger partial charge is 0.493 e. The lowest BCUT2D eigenvalue weighted by atomic mass is 10.2. The number of ether oxygens (including phenoxy) is 2. The second-order valence-electron chi connectivity index (χ2n) is 7.38. The van der Waals surface area contributed by atoms with Gasteiger partial charge in [-0.3, -0.25) is 0 Å². The van der Waals surface area contributed by atoms with Gasteiger partial charge in [-0.1, -0.05) is 31.8 Å². The van der Waals surface area contributed by atoms with Gasteiger partial charge in [-0.15, -0.1) is 0 Å². The molecule has 0 saturated carbocycles. The number of fused-ring (bicyclic) bond motifs is 1. The number of allylic oxidation sites excluding steroid dienone is 4. The van der Waals surface area contributed by atoms with E-state index in [0.29, 0.717) is 25.1 Å². The normalized spacial score (nSPS) is 16.3. The smallest absolute Gasteiger partial charge is 0.289 e. The third-order valence-corrected chi connectivity index (χ3v) is 5.44. The van der Waals surface area contributed by atoms with Gasteiger partial charge in [0, 0.05) is 34.3 Å². The molecular weight excluding hydrogens is 448 g/mol. The van der Waals surface area contributed by atoms with Gasteiger partial charge >= 0.3 is 0 Å². The van der Waals surface area contributed by atoms with Gasteiger partial charge in [-0.05, 0) is 48.8 Å². The summed E-state index contributed by atoms with van der Waals surface area (Å²) < 4.78 is 11.4. The highest BCUT2D eigenvalue weighted by Crippen LogP contribution is 2.25. The van der Waals surface area contributed by atoms with E-state index >= 15 is 0 Å². The fourth-order valence-corrected chi connectivity index (χ4v) is 3.39. The summed E-state index contributed by atoms with van der Waals surface area (Å²) in [5.74, 6) is 1.48. The first kappa shape index (κ1) is 24.9. The predicted octanol–water partition coefficient (Wildman–Crippen LogP) is 5.29. The molecule has 34 heavy (non-hydrogen) atoms. The topological polar surface area (TPSA) is 107 Å². The van der Waals surface area contributed by atoms with Crippen LogP contribution in [-0.2, 0) is 9.47 Å². The first-order valence-electron chi connectivity index (χ1n) is 10.9. The van der Waals surface area contributed by atoms with Crippen molar-refractivity contribution in [3.05, 3.63) is 83.9 Å². The molecule has 0 bridgehead atoms. The minimum atomic E-state index is 0.147. The maximum Gasteiger partial charge on any atom is 0.289 e. The molecule has 3 rings (SSSR count). The van der Waals surface area contributed by atoms with Crippen LogP contribution in [0.15, 0.2) is 88.9 Å². The van der Waals surface area contributed by atoms with Crippen LogP contribution in [0.25, 0.3) is 10.9 Å². The van der Waals surface area contributed by atoms with Crippen LogP contribution < -0.4 is 16.4 Å². The maximum atomic E-state index is 5.85. The number of nitrogens with one attached hydrogen (secondary N) is 2. The number of thioether (sulfide) groups is 1. The number of hydrogen-bond donors (Lipinski definition) is 3. The van der Waals surface area contributed by atoms with Crippen molar-refractivity contribution in [2.45, 2.75) is 26.3 Å².